The summed E-state index contributed by atoms with van der Waals surface area (Å²) in [6.07, 6.45) is 0.873. The second-order valence-electron chi connectivity index (χ2n) is 7.09. The molecule has 2 aromatic carbocycles. The molecule has 0 aliphatic heterocycles. The first kappa shape index (κ1) is 25.0. The molecule has 0 spiro atoms. The lowest BCUT2D eigenvalue weighted by molar-refractivity contribution is 0.0986. The van der Waals surface area contributed by atoms with Gasteiger partial charge in [-0.1, -0.05) is 35.9 Å². The number of aryl methyl sites for hydroxylation is 1. The van der Waals surface area contributed by atoms with E-state index in [1.165, 1.54) is 0 Å². The van der Waals surface area contributed by atoms with Crippen molar-refractivity contribution in [2.75, 3.05) is 37.8 Å². The topological polar surface area (TPSA) is 36.4 Å². The predicted molar refractivity (Wildman–Crippen MR) is 134 cm³/mol. The van der Waals surface area contributed by atoms with Crippen LogP contribution in [0.25, 0.3) is 10.2 Å². The van der Waals surface area contributed by atoms with Crippen molar-refractivity contribution in [2.24, 2.45) is 0 Å². The Morgan fingerprint density at radius 2 is 1.97 bits per heavy atom. The Bertz CT molecular complexity index is 1010. The molecule has 1 aromatic heterocycles. The number of carbonyl (C=O) groups is 1. The summed E-state index contributed by atoms with van der Waals surface area (Å²) in [6, 6.07) is 11.7. The van der Waals surface area contributed by atoms with E-state index in [0.29, 0.717) is 17.1 Å². The molecular formula is C22H27Cl2N3OS2. The maximum atomic E-state index is 13.4. The van der Waals surface area contributed by atoms with E-state index in [1.807, 2.05) is 62.3 Å². The number of halogens is 2. The Morgan fingerprint density at radius 1 is 1.20 bits per heavy atom. The van der Waals surface area contributed by atoms with Gasteiger partial charge in [0.05, 0.1) is 10.2 Å². The third-order valence-electron chi connectivity index (χ3n) is 4.59. The zero-order valence-corrected chi connectivity index (χ0v) is 20.9. The van der Waals surface area contributed by atoms with Crippen LogP contribution in [-0.4, -0.2) is 48.7 Å². The average molecular weight is 485 g/mol. The van der Waals surface area contributed by atoms with Crippen LogP contribution in [0.3, 0.4) is 0 Å². The standard InChI is InChI=1S/C22H26ClN3OS2.ClH/c1-5-28-17-9-6-8-16(14-17)21(27)26(13-7-12-25(3)4)22-24-20-15(2)18(23)10-11-19(20)29-22;/h6,8-11,14H,5,7,12-13H2,1-4H3;1H. The van der Waals surface area contributed by atoms with Crippen LogP contribution in [-0.2, 0) is 0 Å². The van der Waals surface area contributed by atoms with Crippen molar-refractivity contribution in [3.05, 3.63) is 52.5 Å². The van der Waals surface area contributed by atoms with Crippen molar-refractivity contribution in [1.82, 2.24) is 9.88 Å². The van der Waals surface area contributed by atoms with Crippen LogP contribution in [0.5, 0.6) is 0 Å². The number of aromatic nitrogens is 1. The van der Waals surface area contributed by atoms with Gasteiger partial charge in [0.2, 0.25) is 0 Å². The SMILES string of the molecule is CCSc1cccc(C(=O)N(CCCN(C)C)c2nc3c(C)c(Cl)ccc3s2)c1.Cl. The second kappa shape index (κ2) is 11.3. The first-order valence-electron chi connectivity index (χ1n) is 9.65. The maximum absolute atomic E-state index is 13.4. The van der Waals surface area contributed by atoms with E-state index in [4.69, 9.17) is 16.6 Å². The summed E-state index contributed by atoms with van der Waals surface area (Å²) in [5.74, 6) is 0.965. The van der Waals surface area contributed by atoms with Crippen molar-refractivity contribution in [3.8, 4) is 0 Å². The lowest BCUT2D eigenvalue weighted by Gasteiger charge is -2.21. The highest BCUT2D eigenvalue weighted by Gasteiger charge is 2.22. The molecule has 162 valence electrons. The zero-order valence-electron chi connectivity index (χ0n) is 17.6. The molecule has 0 saturated carbocycles. The van der Waals surface area contributed by atoms with Gasteiger partial charge in [-0.3, -0.25) is 9.69 Å². The molecule has 0 saturated heterocycles. The molecule has 8 heteroatoms. The Hall–Kier alpha value is -1.31. The van der Waals surface area contributed by atoms with E-state index in [2.05, 4.69) is 11.8 Å². The van der Waals surface area contributed by atoms with Crippen LogP contribution in [0.2, 0.25) is 5.02 Å². The molecule has 0 fully saturated rings. The van der Waals surface area contributed by atoms with Gasteiger partial charge in [-0.15, -0.1) is 24.2 Å². The number of thioether (sulfide) groups is 1. The Morgan fingerprint density at radius 3 is 2.67 bits per heavy atom. The number of nitrogens with zero attached hydrogens (tertiary/aromatic N) is 3. The minimum Gasteiger partial charge on any atom is -0.309 e. The van der Waals surface area contributed by atoms with Gasteiger partial charge in [-0.05, 0) is 75.6 Å². The van der Waals surface area contributed by atoms with Crippen LogP contribution >= 0.6 is 47.1 Å². The third kappa shape index (κ3) is 5.89. The average Bonchev–Trinajstić information content (AvgIpc) is 3.13. The molecule has 0 aliphatic rings. The van der Waals surface area contributed by atoms with E-state index >= 15 is 0 Å². The fourth-order valence-electron chi connectivity index (χ4n) is 3.07. The highest BCUT2D eigenvalue weighted by Crippen LogP contribution is 2.34. The van der Waals surface area contributed by atoms with E-state index in [0.717, 1.165) is 44.5 Å². The number of hydrogen-bond donors (Lipinski definition) is 0. The van der Waals surface area contributed by atoms with E-state index in [-0.39, 0.29) is 18.3 Å². The number of benzene rings is 2. The van der Waals surface area contributed by atoms with Crippen molar-refractivity contribution >= 4 is 68.4 Å². The van der Waals surface area contributed by atoms with Crippen molar-refractivity contribution in [3.63, 3.8) is 0 Å². The zero-order chi connectivity index (χ0) is 21.0. The highest BCUT2D eigenvalue weighted by atomic mass is 35.5. The van der Waals surface area contributed by atoms with Gasteiger partial charge in [0, 0.05) is 22.0 Å². The number of rotatable bonds is 8. The summed E-state index contributed by atoms with van der Waals surface area (Å²) >= 11 is 9.56. The molecule has 30 heavy (non-hydrogen) atoms. The summed E-state index contributed by atoms with van der Waals surface area (Å²) in [7, 11) is 4.08. The molecular weight excluding hydrogens is 457 g/mol. The van der Waals surface area contributed by atoms with Gasteiger partial charge < -0.3 is 4.90 Å². The van der Waals surface area contributed by atoms with Gasteiger partial charge in [-0.2, -0.15) is 0 Å². The Balaban J connectivity index is 0.00000320. The van der Waals surface area contributed by atoms with Gasteiger partial charge in [0.15, 0.2) is 5.13 Å². The molecule has 0 aliphatic carbocycles. The highest BCUT2D eigenvalue weighted by molar-refractivity contribution is 7.99. The van der Waals surface area contributed by atoms with E-state index in [1.54, 1.807) is 23.1 Å². The number of hydrogen-bond acceptors (Lipinski definition) is 5. The number of carbonyl (C=O) groups excluding carboxylic acids is 1. The number of thiazole rings is 1. The molecule has 1 heterocycles. The Labute approximate surface area is 198 Å². The van der Waals surface area contributed by atoms with Crippen molar-refractivity contribution < 1.29 is 4.79 Å². The van der Waals surface area contributed by atoms with Gasteiger partial charge in [0.25, 0.3) is 5.91 Å². The van der Waals surface area contributed by atoms with Gasteiger partial charge in [-0.25, -0.2) is 4.98 Å². The smallest absolute Gasteiger partial charge is 0.260 e. The summed E-state index contributed by atoms with van der Waals surface area (Å²) < 4.78 is 1.04. The normalized spacial score (nSPS) is 11.0. The lowest BCUT2D eigenvalue weighted by Crippen LogP contribution is -2.33. The molecule has 0 unspecified atom stereocenters. The van der Waals surface area contributed by atoms with Crippen LogP contribution in [0.4, 0.5) is 5.13 Å². The molecule has 0 N–H and O–H groups in total. The summed E-state index contributed by atoms with van der Waals surface area (Å²) in [4.78, 5) is 23.3. The molecule has 0 bridgehead atoms. The fraction of sp³-hybridized carbons (Fsp3) is 0.364. The van der Waals surface area contributed by atoms with Crippen molar-refractivity contribution in [1.29, 1.82) is 0 Å². The van der Waals surface area contributed by atoms with Gasteiger partial charge >= 0.3 is 0 Å². The first-order chi connectivity index (χ1) is 13.9. The molecule has 3 rings (SSSR count). The van der Waals surface area contributed by atoms with E-state index in [9.17, 15) is 4.79 Å². The van der Waals surface area contributed by atoms with Crippen LogP contribution < -0.4 is 4.90 Å². The maximum Gasteiger partial charge on any atom is 0.260 e. The van der Waals surface area contributed by atoms with Gasteiger partial charge in [0.1, 0.15) is 0 Å². The molecule has 1 amide bonds. The summed E-state index contributed by atoms with van der Waals surface area (Å²) in [5.41, 5.74) is 2.52. The monoisotopic (exact) mass is 483 g/mol. The lowest BCUT2D eigenvalue weighted by atomic mass is 10.2. The van der Waals surface area contributed by atoms with Crippen molar-refractivity contribution in [2.45, 2.75) is 25.2 Å². The minimum absolute atomic E-state index is 0. The number of fused-ring (bicyclic) bond motifs is 1. The van der Waals surface area contributed by atoms with Crippen LogP contribution in [0.15, 0.2) is 41.3 Å². The summed E-state index contributed by atoms with van der Waals surface area (Å²) in [6.45, 7) is 5.61. The second-order valence-corrected chi connectivity index (χ2v) is 9.84. The fourth-order valence-corrected chi connectivity index (χ4v) is 5.00. The Kier molecular flexibility index (Phi) is 9.44. The van der Waals surface area contributed by atoms with Crippen LogP contribution in [0.1, 0.15) is 29.3 Å². The summed E-state index contributed by atoms with van der Waals surface area (Å²) in [5, 5.41) is 1.42. The predicted octanol–water partition coefficient (Wildman–Crippen LogP) is 6.39. The quantitative estimate of drug-likeness (QED) is 0.347. The molecule has 0 atom stereocenters. The molecule has 3 aromatic rings. The number of anilines is 1. The third-order valence-corrected chi connectivity index (χ3v) is 6.92. The van der Waals surface area contributed by atoms with E-state index < -0.39 is 0 Å². The molecule has 0 radical (unpaired) electrons. The number of amides is 1. The minimum atomic E-state index is -0.00915. The largest absolute Gasteiger partial charge is 0.309 e. The van der Waals surface area contributed by atoms with Crippen LogP contribution in [0, 0.1) is 6.92 Å². The first-order valence-corrected chi connectivity index (χ1v) is 11.8. The molecule has 4 nitrogen and oxygen atoms in total.